The summed E-state index contributed by atoms with van der Waals surface area (Å²) in [5.74, 6) is -1.48. The molecule has 0 saturated carbocycles. The van der Waals surface area contributed by atoms with Crippen LogP contribution >= 0.6 is 0 Å². The van der Waals surface area contributed by atoms with E-state index in [2.05, 4.69) is 15.2 Å². The van der Waals surface area contributed by atoms with E-state index in [-0.39, 0.29) is 11.7 Å². The third kappa shape index (κ3) is 1.58. The first-order chi connectivity index (χ1) is 7.08. The van der Waals surface area contributed by atoms with E-state index in [1.54, 1.807) is 17.8 Å². The van der Waals surface area contributed by atoms with Crippen LogP contribution in [-0.2, 0) is 7.05 Å². The topological polar surface area (TPSA) is 94.0 Å². The van der Waals surface area contributed by atoms with Crippen LogP contribution in [0.5, 0.6) is 0 Å². The number of aromatic carboxylic acids is 1. The Labute approximate surface area is 84.3 Å². The van der Waals surface area contributed by atoms with Crippen molar-refractivity contribution in [1.29, 1.82) is 0 Å². The number of hydrogen-bond acceptors (Lipinski definition) is 5. The Balaban J connectivity index is 2.41. The number of rotatable bonds is 2. The van der Waals surface area contributed by atoms with Gasteiger partial charge in [0.25, 0.3) is 11.7 Å². The van der Waals surface area contributed by atoms with Gasteiger partial charge in [0.2, 0.25) is 0 Å². The maximum atomic E-state index is 10.5. The van der Waals surface area contributed by atoms with Crippen molar-refractivity contribution in [1.82, 2.24) is 19.9 Å². The lowest BCUT2D eigenvalue weighted by Gasteiger charge is -1.88. The van der Waals surface area contributed by atoms with Gasteiger partial charge in [0.1, 0.15) is 0 Å². The summed E-state index contributed by atoms with van der Waals surface area (Å²) in [4.78, 5) is 14.2. The number of aromatic nitrogens is 4. The van der Waals surface area contributed by atoms with Gasteiger partial charge in [-0.2, -0.15) is 10.1 Å². The first-order valence-corrected chi connectivity index (χ1v) is 4.16. The number of aryl methyl sites for hydroxylation is 2. The predicted molar refractivity (Wildman–Crippen MR) is 48.2 cm³/mol. The maximum absolute atomic E-state index is 10.5. The second-order valence-electron chi connectivity index (χ2n) is 3.02. The molecule has 0 bridgehead atoms. The van der Waals surface area contributed by atoms with Crippen molar-refractivity contribution in [3.63, 3.8) is 0 Å². The Bertz CT molecular complexity index is 494. The molecule has 2 aromatic rings. The zero-order chi connectivity index (χ0) is 11.0. The van der Waals surface area contributed by atoms with E-state index in [0.717, 1.165) is 5.69 Å². The molecule has 0 unspecified atom stereocenters. The molecule has 7 nitrogen and oxygen atoms in total. The van der Waals surface area contributed by atoms with Crippen molar-refractivity contribution in [3.05, 3.63) is 17.6 Å². The second kappa shape index (κ2) is 3.19. The van der Waals surface area contributed by atoms with Crippen LogP contribution in [0.4, 0.5) is 0 Å². The highest BCUT2D eigenvalue weighted by atomic mass is 16.5. The van der Waals surface area contributed by atoms with Gasteiger partial charge in [-0.1, -0.05) is 0 Å². The average molecular weight is 208 g/mol. The molecule has 0 atom stereocenters. The summed E-state index contributed by atoms with van der Waals surface area (Å²) in [5.41, 5.74) is 1.38. The van der Waals surface area contributed by atoms with E-state index in [1.165, 1.54) is 0 Å². The molecule has 2 heterocycles. The highest BCUT2D eigenvalue weighted by molar-refractivity contribution is 5.83. The van der Waals surface area contributed by atoms with E-state index < -0.39 is 5.97 Å². The fourth-order valence-corrected chi connectivity index (χ4v) is 1.08. The average Bonchev–Trinajstić information content (AvgIpc) is 2.74. The first-order valence-electron chi connectivity index (χ1n) is 4.16. The zero-order valence-corrected chi connectivity index (χ0v) is 8.13. The van der Waals surface area contributed by atoms with Crippen LogP contribution in [0.15, 0.2) is 10.6 Å². The molecular formula is C8H8N4O3. The Morgan fingerprint density at radius 3 is 2.80 bits per heavy atom. The van der Waals surface area contributed by atoms with Crippen LogP contribution in [0.25, 0.3) is 11.6 Å². The molecule has 7 heteroatoms. The molecule has 0 aliphatic rings. The van der Waals surface area contributed by atoms with E-state index in [9.17, 15) is 4.79 Å². The molecule has 78 valence electrons. The van der Waals surface area contributed by atoms with Gasteiger partial charge in [-0.05, 0) is 18.1 Å². The van der Waals surface area contributed by atoms with Crippen molar-refractivity contribution < 1.29 is 14.4 Å². The summed E-state index contributed by atoms with van der Waals surface area (Å²) < 4.78 is 6.40. The standard InChI is InChI=1S/C8H8N4O3/c1-4-3-5(10-12(4)2)7-9-6(8(13)14)11-15-7/h3H,1-2H3,(H,13,14). The summed E-state index contributed by atoms with van der Waals surface area (Å²) in [5, 5.41) is 16.0. The van der Waals surface area contributed by atoms with Crippen molar-refractivity contribution >= 4 is 5.97 Å². The lowest BCUT2D eigenvalue weighted by atomic mass is 10.4. The summed E-state index contributed by atoms with van der Waals surface area (Å²) >= 11 is 0. The van der Waals surface area contributed by atoms with E-state index in [0.29, 0.717) is 5.69 Å². The molecule has 0 aliphatic heterocycles. The normalized spacial score (nSPS) is 10.5. The van der Waals surface area contributed by atoms with Gasteiger partial charge in [0.15, 0.2) is 5.69 Å². The van der Waals surface area contributed by atoms with Crippen LogP contribution in [0.3, 0.4) is 0 Å². The van der Waals surface area contributed by atoms with Gasteiger partial charge >= 0.3 is 5.97 Å². The molecule has 2 rings (SSSR count). The van der Waals surface area contributed by atoms with Gasteiger partial charge in [-0.25, -0.2) is 4.79 Å². The van der Waals surface area contributed by atoms with Gasteiger partial charge < -0.3 is 9.63 Å². The Morgan fingerprint density at radius 1 is 1.60 bits per heavy atom. The molecule has 2 aromatic heterocycles. The zero-order valence-electron chi connectivity index (χ0n) is 8.13. The maximum Gasteiger partial charge on any atom is 0.377 e. The number of carboxylic acids is 1. The third-order valence-corrected chi connectivity index (χ3v) is 1.95. The lowest BCUT2D eigenvalue weighted by Crippen LogP contribution is -1.98. The monoisotopic (exact) mass is 208 g/mol. The van der Waals surface area contributed by atoms with Gasteiger partial charge in [0, 0.05) is 12.7 Å². The molecule has 0 aliphatic carbocycles. The quantitative estimate of drug-likeness (QED) is 0.771. The molecule has 0 radical (unpaired) electrons. The number of carbonyl (C=O) groups is 1. The van der Waals surface area contributed by atoms with E-state index in [4.69, 9.17) is 9.63 Å². The Kier molecular flexibility index (Phi) is 2.00. The molecule has 15 heavy (non-hydrogen) atoms. The Hall–Kier alpha value is -2.18. The molecule has 0 saturated heterocycles. The van der Waals surface area contributed by atoms with Crippen LogP contribution < -0.4 is 0 Å². The van der Waals surface area contributed by atoms with Crippen LogP contribution in [0.1, 0.15) is 16.3 Å². The molecule has 0 fully saturated rings. The van der Waals surface area contributed by atoms with Gasteiger partial charge in [0.05, 0.1) is 0 Å². The highest BCUT2D eigenvalue weighted by Gasteiger charge is 2.16. The number of hydrogen-bond donors (Lipinski definition) is 1. The van der Waals surface area contributed by atoms with E-state index >= 15 is 0 Å². The Morgan fingerprint density at radius 2 is 2.33 bits per heavy atom. The van der Waals surface area contributed by atoms with E-state index in [1.807, 2.05) is 6.92 Å². The minimum absolute atomic E-state index is 0.108. The largest absolute Gasteiger partial charge is 0.475 e. The van der Waals surface area contributed by atoms with Crippen LogP contribution in [0, 0.1) is 6.92 Å². The SMILES string of the molecule is Cc1cc(-c2nc(C(=O)O)no2)nn1C. The molecule has 0 spiro atoms. The summed E-state index contributed by atoms with van der Waals surface area (Å²) in [6, 6.07) is 1.74. The number of nitrogens with zero attached hydrogens (tertiary/aromatic N) is 4. The van der Waals surface area contributed by atoms with Crippen molar-refractivity contribution in [2.45, 2.75) is 6.92 Å². The third-order valence-electron chi connectivity index (χ3n) is 1.95. The van der Waals surface area contributed by atoms with Gasteiger partial charge in [-0.3, -0.25) is 4.68 Å². The number of carboxylic acid groups (broad SMARTS) is 1. The second-order valence-corrected chi connectivity index (χ2v) is 3.02. The van der Waals surface area contributed by atoms with Crippen molar-refractivity contribution in [2.75, 3.05) is 0 Å². The van der Waals surface area contributed by atoms with Crippen molar-refractivity contribution in [2.24, 2.45) is 7.05 Å². The van der Waals surface area contributed by atoms with Crippen LogP contribution in [0.2, 0.25) is 0 Å². The smallest absolute Gasteiger partial charge is 0.377 e. The minimum atomic E-state index is -1.22. The van der Waals surface area contributed by atoms with Gasteiger partial charge in [-0.15, -0.1) is 0 Å². The minimum Gasteiger partial charge on any atom is -0.475 e. The fourth-order valence-electron chi connectivity index (χ4n) is 1.08. The lowest BCUT2D eigenvalue weighted by molar-refractivity contribution is 0.0680. The van der Waals surface area contributed by atoms with Crippen molar-refractivity contribution in [3.8, 4) is 11.6 Å². The molecule has 0 aromatic carbocycles. The summed E-state index contributed by atoms with van der Waals surface area (Å²) in [7, 11) is 1.77. The molecular weight excluding hydrogens is 200 g/mol. The summed E-state index contributed by atoms with van der Waals surface area (Å²) in [6.45, 7) is 1.87. The molecule has 0 amide bonds. The highest BCUT2D eigenvalue weighted by Crippen LogP contribution is 2.15. The fraction of sp³-hybridized carbons (Fsp3) is 0.250. The van der Waals surface area contributed by atoms with Crippen LogP contribution in [-0.4, -0.2) is 31.0 Å². The first kappa shape index (κ1) is 9.38. The molecule has 1 N–H and O–H groups in total. The summed E-state index contributed by atoms with van der Waals surface area (Å²) in [6.07, 6.45) is 0. The predicted octanol–water partition coefficient (Wildman–Crippen LogP) is 0.477.